The Hall–Kier alpha value is -2.64. The molecule has 3 heterocycles. The molecule has 8 nitrogen and oxygen atoms in total. The van der Waals surface area contributed by atoms with Crippen molar-refractivity contribution in [3.63, 3.8) is 0 Å². The molecule has 3 N–H and O–H groups in total. The van der Waals surface area contributed by atoms with Crippen LogP contribution in [0.25, 0.3) is 11.3 Å². The van der Waals surface area contributed by atoms with Gasteiger partial charge in [-0.1, -0.05) is 6.42 Å². The van der Waals surface area contributed by atoms with Gasteiger partial charge in [-0.15, -0.1) is 0 Å². The number of aromatic nitrogens is 4. The summed E-state index contributed by atoms with van der Waals surface area (Å²) in [6.07, 6.45) is 10.1. The van der Waals surface area contributed by atoms with Gasteiger partial charge in [0, 0.05) is 53.7 Å². The SMILES string of the molecule is Cn1cc(-c2n[nH]c3c2C=NC2(NC(=O)NCC4CCC4)CC32)cn1.[HH].[HH].[HH]. The number of nitrogens with zero attached hydrogens (tertiary/aromatic N) is 4. The summed E-state index contributed by atoms with van der Waals surface area (Å²) in [7, 11) is 1.88. The predicted octanol–water partition coefficient (Wildman–Crippen LogP) is 2.26. The number of carbonyl (C=O) groups excluding carboxylic acids is 1. The Kier molecular flexibility index (Phi) is 3.04. The summed E-state index contributed by atoms with van der Waals surface area (Å²) in [6, 6.07) is -0.123. The van der Waals surface area contributed by atoms with Crippen molar-refractivity contribution in [2.24, 2.45) is 18.0 Å². The molecule has 2 aliphatic carbocycles. The standard InChI is InChI=1S/C17H21N7O.3H2/c1-24-9-11(7-20-24)14-12-8-19-17(5-13(17)15(12)23-22-14)21-16(25)18-6-10-3-2-4-10;;;/h7-10,13H,2-6H2,1H3,(H,22,23)(H2,18,21,25);3*1H. The van der Waals surface area contributed by atoms with Crippen molar-refractivity contribution >= 4 is 12.2 Å². The van der Waals surface area contributed by atoms with Crippen molar-refractivity contribution in [2.45, 2.75) is 37.3 Å². The smallest absolute Gasteiger partial charge is 0.316 e. The second-order valence-electron chi connectivity index (χ2n) is 7.37. The molecular weight excluding hydrogens is 318 g/mol. The first-order valence-corrected chi connectivity index (χ1v) is 8.83. The van der Waals surface area contributed by atoms with Crippen molar-refractivity contribution in [1.82, 2.24) is 30.6 Å². The third kappa shape index (κ3) is 2.35. The molecule has 8 heteroatoms. The van der Waals surface area contributed by atoms with E-state index < -0.39 is 5.66 Å². The van der Waals surface area contributed by atoms with Crippen LogP contribution < -0.4 is 10.6 Å². The average molecular weight is 345 g/mol. The molecular formula is C17H27N7O. The van der Waals surface area contributed by atoms with E-state index in [1.807, 2.05) is 19.5 Å². The maximum Gasteiger partial charge on any atom is 0.316 e. The van der Waals surface area contributed by atoms with Crippen molar-refractivity contribution in [3.8, 4) is 11.3 Å². The lowest BCUT2D eigenvalue weighted by atomic mass is 9.85. The number of hydrogen-bond donors (Lipinski definition) is 3. The summed E-state index contributed by atoms with van der Waals surface area (Å²) >= 11 is 0. The monoisotopic (exact) mass is 345 g/mol. The molecule has 5 rings (SSSR count). The van der Waals surface area contributed by atoms with Crippen LogP contribution in [0.2, 0.25) is 0 Å². The maximum absolute atomic E-state index is 12.2. The number of H-pyrrole nitrogens is 1. The number of carbonyl (C=O) groups is 1. The van der Waals surface area contributed by atoms with Gasteiger partial charge < -0.3 is 10.6 Å². The van der Waals surface area contributed by atoms with Gasteiger partial charge >= 0.3 is 6.03 Å². The summed E-state index contributed by atoms with van der Waals surface area (Å²) in [4.78, 5) is 16.9. The molecule has 25 heavy (non-hydrogen) atoms. The van der Waals surface area contributed by atoms with Gasteiger partial charge in [-0.2, -0.15) is 10.2 Å². The molecule has 2 atom stereocenters. The van der Waals surface area contributed by atoms with Crippen LogP contribution in [0.4, 0.5) is 4.79 Å². The predicted molar refractivity (Wildman–Crippen MR) is 98.7 cm³/mol. The fraction of sp³-hybridized carbons (Fsp3) is 0.529. The fourth-order valence-electron chi connectivity index (χ4n) is 3.78. The Labute approximate surface area is 149 Å². The zero-order valence-electron chi connectivity index (χ0n) is 14.1. The highest BCUT2D eigenvalue weighted by atomic mass is 16.2. The molecule has 0 radical (unpaired) electrons. The van der Waals surface area contributed by atoms with E-state index >= 15 is 0 Å². The minimum absolute atomic E-state index is 0. The topological polar surface area (TPSA) is 100.0 Å². The third-order valence-corrected chi connectivity index (χ3v) is 5.62. The number of aromatic amines is 1. The summed E-state index contributed by atoms with van der Waals surface area (Å²) in [5, 5.41) is 17.8. The molecule has 2 amide bonds. The van der Waals surface area contributed by atoms with Crippen LogP contribution in [0.3, 0.4) is 0 Å². The van der Waals surface area contributed by atoms with Gasteiger partial charge in [-0.25, -0.2) is 4.79 Å². The zero-order chi connectivity index (χ0) is 17.0. The largest absolute Gasteiger partial charge is 0.338 e. The minimum atomic E-state index is -0.505. The highest BCUT2D eigenvalue weighted by molar-refractivity contribution is 5.93. The van der Waals surface area contributed by atoms with Crippen LogP contribution >= 0.6 is 0 Å². The maximum atomic E-state index is 12.2. The van der Waals surface area contributed by atoms with Crippen molar-refractivity contribution in [1.29, 1.82) is 0 Å². The lowest BCUT2D eigenvalue weighted by Gasteiger charge is -2.26. The number of nitrogens with one attached hydrogen (secondary N) is 3. The van der Waals surface area contributed by atoms with E-state index in [1.165, 1.54) is 19.3 Å². The zero-order valence-corrected chi connectivity index (χ0v) is 14.1. The number of aryl methyl sites for hydroxylation is 1. The van der Waals surface area contributed by atoms with Crippen LogP contribution in [0, 0.1) is 5.92 Å². The Balaban J connectivity index is 0.000000934. The van der Waals surface area contributed by atoms with Gasteiger partial charge in [0.2, 0.25) is 0 Å². The van der Waals surface area contributed by atoms with Crippen molar-refractivity contribution in [3.05, 3.63) is 23.7 Å². The minimum Gasteiger partial charge on any atom is -0.338 e. The molecule has 0 spiro atoms. The quantitative estimate of drug-likeness (QED) is 0.792. The van der Waals surface area contributed by atoms with Crippen LogP contribution in [-0.2, 0) is 7.05 Å². The number of amides is 2. The molecule has 3 aliphatic rings. The molecule has 2 aromatic heterocycles. The lowest BCUT2D eigenvalue weighted by molar-refractivity contribution is 0.227. The number of hydrogen-bond acceptors (Lipinski definition) is 4. The first-order valence-electron chi connectivity index (χ1n) is 8.83. The Morgan fingerprint density at radius 3 is 3.12 bits per heavy atom. The molecule has 2 saturated carbocycles. The fourth-order valence-corrected chi connectivity index (χ4v) is 3.78. The Morgan fingerprint density at radius 1 is 1.52 bits per heavy atom. The summed E-state index contributed by atoms with van der Waals surface area (Å²) in [5.41, 5.74) is 3.37. The van der Waals surface area contributed by atoms with Crippen LogP contribution in [0.5, 0.6) is 0 Å². The van der Waals surface area contributed by atoms with Crippen molar-refractivity contribution < 1.29 is 9.07 Å². The highest BCUT2D eigenvalue weighted by Gasteiger charge is 2.59. The second-order valence-corrected chi connectivity index (χ2v) is 7.37. The van der Waals surface area contributed by atoms with E-state index in [-0.39, 0.29) is 16.2 Å². The van der Waals surface area contributed by atoms with Gasteiger partial charge in [0.15, 0.2) is 0 Å². The second kappa shape index (κ2) is 5.18. The first-order chi connectivity index (χ1) is 12.1. The summed E-state index contributed by atoms with van der Waals surface area (Å²) in [6.45, 7) is 0.761. The number of aliphatic imine (C=N–C) groups is 1. The van der Waals surface area contributed by atoms with Gasteiger partial charge in [0.05, 0.1) is 11.9 Å². The third-order valence-electron chi connectivity index (χ3n) is 5.62. The normalized spacial score (nSPS) is 26.5. The Morgan fingerprint density at radius 2 is 2.40 bits per heavy atom. The van der Waals surface area contributed by atoms with E-state index in [1.54, 1.807) is 10.9 Å². The molecule has 0 aromatic carbocycles. The molecule has 136 valence electrons. The van der Waals surface area contributed by atoms with Gasteiger partial charge in [-0.3, -0.25) is 14.8 Å². The van der Waals surface area contributed by atoms with Gasteiger partial charge in [0.25, 0.3) is 0 Å². The molecule has 0 saturated heterocycles. The van der Waals surface area contributed by atoms with Gasteiger partial charge in [-0.05, 0) is 18.8 Å². The van der Waals surface area contributed by atoms with E-state index in [9.17, 15) is 4.79 Å². The van der Waals surface area contributed by atoms with E-state index in [4.69, 9.17) is 0 Å². The molecule has 1 aliphatic heterocycles. The molecule has 2 aromatic rings. The Bertz CT molecular complexity index is 876. The molecule has 2 unspecified atom stereocenters. The van der Waals surface area contributed by atoms with Crippen LogP contribution in [0.1, 0.15) is 47.1 Å². The van der Waals surface area contributed by atoms with Crippen LogP contribution in [-0.4, -0.2) is 44.4 Å². The van der Waals surface area contributed by atoms with E-state index in [0.29, 0.717) is 5.92 Å². The van der Waals surface area contributed by atoms with Crippen molar-refractivity contribution in [2.75, 3.05) is 6.54 Å². The number of urea groups is 1. The first kappa shape index (κ1) is 14.7. The summed E-state index contributed by atoms with van der Waals surface area (Å²) < 4.78 is 1.76. The highest BCUT2D eigenvalue weighted by Crippen LogP contribution is 2.55. The molecule has 0 bridgehead atoms. The summed E-state index contributed by atoms with van der Waals surface area (Å²) in [5.74, 6) is 0.814. The van der Waals surface area contributed by atoms with E-state index in [0.717, 1.165) is 35.5 Å². The average Bonchev–Trinajstić information content (AvgIpc) is 2.89. The molecule has 2 fully saturated rings. The number of fused-ring (bicyclic) bond motifs is 3. The number of rotatable bonds is 4. The van der Waals surface area contributed by atoms with Crippen LogP contribution in [0.15, 0.2) is 17.4 Å². The van der Waals surface area contributed by atoms with E-state index in [2.05, 4.69) is 30.9 Å². The lowest BCUT2D eigenvalue weighted by Crippen LogP contribution is -2.46. The van der Waals surface area contributed by atoms with Gasteiger partial charge in [0.1, 0.15) is 11.4 Å².